The standard InChI is InChI=1S/C10H12FO/c1-8(2)12-7-9-4-3-5-10(11)6-9/h3-6H,7H2,1-2H3. The second kappa shape index (κ2) is 4.21. The van der Waals surface area contributed by atoms with E-state index in [0.717, 1.165) is 11.7 Å². The predicted octanol–water partition coefficient (Wildman–Crippen LogP) is 2.91. The number of rotatable bonds is 3. The number of ether oxygens (including phenoxy) is 1. The molecule has 0 bridgehead atoms. The first-order valence-corrected chi connectivity index (χ1v) is 3.86. The van der Waals surface area contributed by atoms with Gasteiger partial charge in [-0.3, -0.25) is 0 Å². The normalized spacial score (nSPS) is 10.7. The van der Waals surface area contributed by atoms with Gasteiger partial charge in [-0.2, -0.15) is 0 Å². The van der Waals surface area contributed by atoms with Crippen molar-refractivity contribution in [2.45, 2.75) is 20.5 Å². The lowest BCUT2D eigenvalue weighted by molar-refractivity contribution is 0.143. The zero-order valence-corrected chi connectivity index (χ0v) is 7.30. The van der Waals surface area contributed by atoms with Gasteiger partial charge in [0.1, 0.15) is 5.82 Å². The molecule has 0 aromatic heterocycles. The van der Waals surface area contributed by atoms with Crippen molar-refractivity contribution < 1.29 is 9.13 Å². The van der Waals surface area contributed by atoms with Crippen molar-refractivity contribution in [2.75, 3.05) is 0 Å². The highest BCUT2D eigenvalue weighted by Crippen LogP contribution is 2.08. The Kier molecular flexibility index (Phi) is 3.23. The van der Waals surface area contributed by atoms with Crippen molar-refractivity contribution in [3.8, 4) is 0 Å². The van der Waals surface area contributed by atoms with Crippen LogP contribution in [0, 0.1) is 11.9 Å². The molecule has 0 spiro atoms. The van der Waals surface area contributed by atoms with Gasteiger partial charge in [0.05, 0.1) is 12.7 Å². The molecule has 0 atom stereocenters. The van der Waals surface area contributed by atoms with E-state index in [1.54, 1.807) is 6.07 Å². The molecule has 0 fully saturated rings. The lowest BCUT2D eigenvalue weighted by atomic mass is 10.2. The average molecular weight is 167 g/mol. The van der Waals surface area contributed by atoms with Crippen LogP contribution in [0.2, 0.25) is 0 Å². The van der Waals surface area contributed by atoms with Gasteiger partial charge in [-0.05, 0) is 31.5 Å². The van der Waals surface area contributed by atoms with Crippen LogP contribution in [-0.2, 0) is 11.3 Å². The Morgan fingerprint density at radius 1 is 1.42 bits per heavy atom. The van der Waals surface area contributed by atoms with Gasteiger partial charge in [-0.15, -0.1) is 0 Å². The summed E-state index contributed by atoms with van der Waals surface area (Å²) in [6, 6.07) is 6.42. The highest BCUT2D eigenvalue weighted by molar-refractivity contribution is 5.15. The van der Waals surface area contributed by atoms with E-state index in [1.807, 2.05) is 19.9 Å². The molecule has 0 saturated carbocycles. The Morgan fingerprint density at radius 2 is 2.17 bits per heavy atom. The fourth-order valence-electron chi connectivity index (χ4n) is 0.854. The third-order valence-electron chi connectivity index (χ3n) is 1.42. The van der Waals surface area contributed by atoms with Crippen LogP contribution in [0.15, 0.2) is 24.3 Å². The van der Waals surface area contributed by atoms with Gasteiger partial charge in [-0.1, -0.05) is 12.1 Å². The molecule has 12 heavy (non-hydrogen) atoms. The fraction of sp³-hybridized carbons (Fsp3) is 0.300. The summed E-state index contributed by atoms with van der Waals surface area (Å²) in [6.45, 7) is 4.19. The molecule has 1 aromatic carbocycles. The molecule has 1 radical (unpaired) electrons. The third kappa shape index (κ3) is 3.01. The highest BCUT2D eigenvalue weighted by atomic mass is 19.1. The molecule has 0 unspecified atom stereocenters. The first kappa shape index (κ1) is 9.20. The molecule has 0 amide bonds. The topological polar surface area (TPSA) is 9.23 Å². The van der Waals surface area contributed by atoms with E-state index in [9.17, 15) is 4.39 Å². The minimum atomic E-state index is -0.218. The number of halogens is 1. The molecular formula is C10H12FO. The summed E-state index contributed by atoms with van der Waals surface area (Å²) >= 11 is 0. The van der Waals surface area contributed by atoms with Gasteiger partial charge in [0.25, 0.3) is 0 Å². The van der Waals surface area contributed by atoms with Crippen LogP contribution in [0.3, 0.4) is 0 Å². The van der Waals surface area contributed by atoms with E-state index in [-0.39, 0.29) is 5.82 Å². The van der Waals surface area contributed by atoms with Gasteiger partial charge in [0, 0.05) is 0 Å². The van der Waals surface area contributed by atoms with Gasteiger partial charge < -0.3 is 4.74 Å². The Morgan fingerprint density at radius 3 is 2.75 bits per heavy atom. The second-order valence-corrected chi connectivity index (χ2v) is 2.83. The summed E-state index contributed by atoms with van der Waals surface area (Å²) in [5.74, 6) is -0.218. The lowest BCUT2D eigenvalue weighted by Crippen LogP contribution is -1.94. The van der Waals surface area contributed by atoms with Crippen LogP contribution in [0.5, 0.6) is 0 Å². The lowest BCUT2D eigenvalue weighted by Gasteiger charge is -2.05. The van der Waals surface area contributed by atoms with Crippen molar-refractivity contribution in [2.24, 2.45) is 0 Å². The maximum absolute atomic E-state index is 12.6. The summed E-state index contributed by atoms with van der Waals surface area (Å²) < 4.78 is 17.9. The molecule has 65 valence electrons. The van der Waals surface area contributed by atoms with E-state index in [4.69, 9.17) is 4.74 Å². The Labute approximate surface area is 72.2 Å². The van der Waals surface area contributed by atoms with E-state index in [0.29, 0.717) is 6.61 Å². The van der Waals surface area contributed by atoms with Crippen LogP contribution < -0.4 is 0 Å². The largest absolute Gasteiger partial charge is 0.368 e. The number of benzene rings is 1. The van der Waals surface area contributed by atoms with Crippen molar-refractivity contribution in [3.63, 3.8) is 0 Å². The van der Waals surface area contributed by atoms with Crippen molar-refractivity contribution in [1.29, 1.82) is 0 Å². The Balaban J connectivity index is 2.52. The SMILES string of the molecule is C[C](C)OCc1cccc(F)c1. The van der Waals surface area contributed by atoms with Gasteiger partial charge in [0.2, 0.25) is 0 Å². The molecule has 0 N–H and O–H groups in total. The summed E-state index contributed by atoms with van der Waals surface area (Å²) in [5, 5.41) is 0. The van der Waals surface area contributed by atoms with E-state index >= 15 is 0 Å². The van der Waals surface area contributed by atoms with Crippen molar-refractivity contribution in [3.05, 3.63) is 41.8 Å². The Bertz CT molecular complexity index is 245. The molecule has 1 nitrogen and oxygen atoms in total. The highest BCUT2D eigenvalue weighted by Gasteiger charge is 1.97. The van der Waals surface area contributed by atoms with Crippen LogP contribution >= 0.6 is 0 Å². The van der Waals surface area contributed by atoms with Crippen LogP contribution in [0.25, 0.3) is 0 Å². The van der Waals surface area contributed by atoms with Crippen LogP contribution in [0.4, 0.5) is 4.39 Å². The van der Waals surface area contributed by atoms with E-state index in [1.165, 1.54) is 12.1 Å². The summed E-state index contributed by atoms with van der Waals surface area (Å²) in [7, 11) is 0. The fourth-order valence-corrected chi connectivity index (χ4v) is 0.854. The minimum Gasteiger partial charge on any atom is -0.368 e. The van der Waals surface area contributed by atoms with Crippen LogP contribution in [0.1, 0.15) is 19.4 Å². The molecule has 0 aliphatic heterocycles. The summed E-state index contributed by atoms with van der Waals surface area (Å²) in [4.78, 5) is 0. The molecule has 0 heterocycles. The predicted molar refractivity (Wildman–Crippen MR) is 45.8 cm³/mol. The zero-order chi connectivity index (χ0) is 8.97. The molecule has 2 heteroatoms. The first-order chi connectivity index (χ1) is 5.68. The average Bonchev–Trinajstić information content (AvgIpc) is 2.01. The second-order valence-electron chi connectivity index (χ2n) is 2.83. The Hall–Kier alpha value is -0.890. The minimum absolute atomic E-state index is 0.218. The molecule has 1 aromatic rings. The van der Waals surface area contributed by atoms with Gasteiger partial charge >= 0.3 is 0 Å². The molecule has 1 rings (SSSR count). The van der Waals surface area contributed by atoms with Crippen molar-refractivity contribution >= 4 is 0 Å². The maximum atomic E-state index is 12.6. The van der Waals surface area contributed by atoms with E-state index < -0.39 is 0 Å². The molecule has 0 saturated heterocycles. The quantitative estimate of drug-likeness (QED) is 0.672. The maximum Gasteiger partial charge on any atom is 0.123 e. The van der Waals surface area contributed by atoms with Gasteiger partial charge in [0.15, 0.2) is 0 Å². The van der Waals surface area contributed by atoms with Crippen LogP contribution in [-0.4, -0.2) is 0 Å². The third-order valence-corrected chi connectivity index (χ3v) is 1.42. The van der Waals surface area contributed by atoms with E-state index in [2.05, 4.69) is 0 Å². The number of hydrogen-bond donors (Lipinski definition) is 0. The monoisotopic (exact) mass is 167 g/mol. The van der Waals surface area contributed by atoms with Crippen molar-refractivity contribution in [1.82, 2.24) is 0 Å². The molecular weight excluding hydrogens is 155 g/mol. The summed E-state index contributed by atoms with van der Waals surface area (Å²) in [5.41, 5.74) is 0.858. The summed E-state index contributed by atoms with van der Waals surface area (Å²) in [6.07, 6.45) is 0.888. The first-order valence-electron chi connectivity index (χ1n) is 3.86. The zero-order valence-electron chi connectivity index (χ0n) is 7.30. The number of hydrogen-bond acceptors (Lipinski definition) is 1. The smallest absolute Gasteiger partial charge is 0.123 e. The molecule has 0 aliphatic carbocycles. The van der Waals surface area contributed by atoms with Gasteiger partial charge in [-0.25, -0.2) is 4.39 Å². The molecule has 0 aliphatic rings.